The molecule has 0 amide bonds. The summed E-state index contributed by atoms with van der Waals surface area (Å²) in [5.74, 6) is 0.334. The molecule has 1 aromatic carbocycles. The Balaban J connectivity index is 2.34. The summed E-state index contributed by atoms with van der Waals surface area (Å²) in [6, 6.07) is 6.61. The summed E-state index contributed by atoms with van der Waals surface area (Å²) in [6.45, 7) is 0. The number of aliphatic hydroxyl groups excluding tert-OH is 1. The van der Waals surface area contributed by atoms with Crippen molar-refractivity contribution in [1.29, 1.82) is 0 Å². The van der Waals surface area contributed by atoms with Gasteiger partial charge in [0.1, 0.15) is 6.10 Å². The molecule has 2 rings (SSSR count). The first-order valence-electron chi connectivity index (χ1n) is 4.58. The van der Waals surface area contributed by atoms with Gasteiger partial charge in [-0.15, -0.1) is 0 Å². The fraction of sp³-hybridized carbons (Fsp3) is 0.0909. The molecule has 0 spiro atoms. The third-order valence-electron chi connectivity index (χ3n) is 2.09. The van der Waals surface area contributed by atoms with Crippen LogP contribution >= 0.6 is 23.2 Å². The van der Waals surface area contributed by atoms with E-state index in [4.69, 9.17) is 23.2 Å². The molecule has 2 aromatic rings. The zero-order valence-corrected chi connectivity index (χ0v) is 9.65. The number of hydrogen-bond donors (Lipinski definition) is 1. The van der Waals surface area contributed by atoms with E-state index >= 15 is 0 Å². The molecular weight excluding hydrogens is 247 g/mol. The van der Waals surface area contributed by atoms with Gasteiger partial charge in [0, 0.05) is 12.4 Å². The second-order valence-corrected chi connectivity index (χ2v) is 4.00. The number of aromatic nitrogens is 2. The minimum atomic E-state index is -0.893. The van der Waals surface area contributed by atoms with Crippen molar-refractivity contribution in [2.75, 3.05) is 0 Å². The highest BCUT2D eigenvalue weighted by molar-refractivity contribution is 6.42. The number of aliphatic hydroxyl groups is 1. The van der Waals surface area contributed by atoms with Crippen molar-refractivity contribution in [1.82, 2.24) is 9.97 Å². The van der Waals surface area contributed by atoms with Crippen LogP contribution in [0.5, 0.6) is 0 Å². The molecule has 0 saturated heterocycles. The van der Waals surface area contributed by atoms with E-state index in [9.17, 15) is 5.11 Å². The second-order valence-electron chi connectivity index (χ2n) is 3.18. The van der Waals surface area contributed by atoms with Crippen LogP contribution in [0.15, 0.2) is 36.7 Å². The summed E-state index contributed by atoms with van der Waals surface area (Å²) in [7, 11) is 0. The van der Waals surface area contributed by atoms with Crippen LogP contribution in [0.4, 0.5) is 0 Å². The van der Waals surface area contributed by atoms with Crippen molar-refractivity contribution >= 4 is 23.2 Å². The highest BCUT2D eigenvalue weighted by Crippen LogP contribution is 2.27. The lowest BCUT2D eigenvalue weighted by Crippen LogP contribution is -2.04. The van der Waals surface area contributed by atoms with Gasteiger partial charge < -0.3 is 5.11 Å². The van der Waals surface area contributed by atoms with Crippen LogP contribution in [0, 0.1) is 0 Å². The van der Waals surface area contributed by atoms with Crippen LogP contribution in [0.2, 0.25) is 10.0 Å². The smallest absolute Gasteiger partial charge is 0.161 e. The average molecular weight is 255 g/mol. The molecule has 1 unspecified atom stereocenters. The molecule has 1 atom stereocenters. The maximum Gasteiger partial charge on any atom is 0.161 e. The molecule has 0 saturated carbocycles. The first-order chi connectivity index (χ1) is 7.68. The Morgan fingerprint density at radius 3 is 2.38 bits per heavy atom. The van der Waals surface area contributed by atoms with Gasteiger partial charge in [0.2, 0.25) is 0 Å². The Labute approximate surface area is 103 Å². The summed E-state index contributed by atoms with van der Waals surface area (Å²) in [5, 5.41) is 10.8. The van der Waals surface area contributed by atoms with Crippen LogP contribution < -0.4 is 0 Å². The van der Waals surface area contributed by atoms with Gasteiger partial charge in [0.25, 0.3) is 0 Å². The molecule has 0 aliphatic rings. The molecule has 82 valence electrons. The first-order valence-corrected chi connectivity index (χ1v) is 5.34. The van der Waals surface area contributed by atoms with Crippen LogP contribution in [0.25, 0.3) is 0 Å². The summed E-state index contributed by atoms with van der Waals surface area (Å²) >= 11 is 11.6. The van der Waals surface area contributed by atoms with Gasteiger partial charge in [-0.25, -0.2) is 9.97 Å². The summed E-state index contributed by atoms with van der Waals surface area (Å²) in [5.41, 5.74) is 0.612. The van der Waals surface area contributed by atoms with Gasteiger partial charge in [-0.3, -0.25) is 0 Å². The normalized spacial score (nSPS) is 12.4. The molecule has 0 aliphatic heterocycles. The van der Waals surface area contributed by atoms with E-state index in [2.05, 4.69) is 9.97 Å². The largest absolute Gasteiger partial charge is 0.380 e. The maximum absolute atomic E-state index is 9.98. The van der Waals surface area contributed by atoms with Gasteiger partial charge >= 0.3 is 0 Å². The monoisotopic (exact) mass is 254 g/mol. The van der Waals surface area contributed by atoms with Crippen LogP contribution in [-0.4, -0.2) is 15.1 Å². The zero-order valence-electron chi connectivity index (χ0n) is 8.14. The Morgan fingerprint density at radius 1 is 1.06 bits per heavy atom. The molecule has 1 heterocycles. The summed E-state index contributed by atoms with van der Waals surface area (Å²) in [6.07, 6.45) is 2.25. The lowest BCUT2D eigenvalue weighted by Gasteiger charge is -2.09. The molecular formula is C11H8Cl2N2O. The van der Waals surface area contributed by atoms with Crippen molar-refractivity contribution in [3.63, 3.8) is 0 Å². The third-order valence-corrected chi connectivity index (χ3v) is 2.83. The Bertz CT molecular complexity index is 491. The highest BCUT2D eigenvalue weighted by atomic mass is 35.5. The standard InChI is InChI=1S/C11H8Cl2N2O/c12-8-3-2-7(6-9(8)13)10(16)11-14-4-1-5-15-11/h1-6,10,16H. The van der Waals surface area contributed by atoms with Crippen molar-refractivity contribution in [3.8, 4) is 0 Å². The summed E-state index contributed by atoms with van der Waals surface area (Å²) < 4.78 is 0. The predicted octanol–water partition coefficient (Wildman–Crippen LogP) is 2.87. The SMILES string of the molecule is OC(c1ccc(Cl)c(Cl)c1)c1ncccn1. The first kappa shape index (κ1) is 11.3. The summed E-state index contributed by atoms with van der Waals surface area (Å²) in [4.78, 5) is 7.94. The molecule has 3 nitrogen and oxygen atoms in total. The van der Waals surface area contributed by atoms with E-state index in [0.29, 0.717) is 21.4 Å². The van der Waals surface area contributed by atoms with Gasteiger partial charge in [-0.05, 0) is 23.8 Å². The average Bonchev–Trinajstić information content (AvgIpc) is 2.33. The molecule has 0 bridgehead atoms. The van der Waals surface area contributed by atoms with E-state index in [1.54, 1.807) is 36.7 Å². The van der Waals surface area contributed by atoms with Gasteiger partial charge in [0.15, 0.2) is 5.82 Å². The number of halogens is 2. The number of nitrogens with zero attached hydrogens (tertiary/aromatic N) is 2. The molecule has 0 aliphatic carbocycles. The number of rotatable bonds is 2. The second kappa shape index (κ2) is 4.78. The van der Waals surface area contributed by atoms with E-state index in [1.807, 2.05) is 0 Å². The topological polar surface area (TPSA) is 46.0 Å². The molecule has 16 heavy (non-hydrogen) atoms. The van der Waals surface area contributed by atoms with Crippen LogP contribution in [0.3, 0.4) is 0 Å². The lowest BCUT2D eigenvalue weighted by molar-refractivity contribution is 0.210. The van der Waals surface area contributed by atoms with E-state index < -0.39 is 6.10 Å². The van der Waals surface area contributed by atoms with Gasteiger partial charge in [0.05, 0.1) is 10.0 Å². The minimum absolute atomic E-state index is 0.334. The molecule has 5 heteroatoms. The quantitative estimate of drug-likeness (QED) is 0.897. The zero-order chi connectivity index (χ0) is 11.5. The Hall–Kier alpha value is -1.16. The van der Waals surface area contributed by atoms with Crippen molar-refractivity contribution in [3.05, 3.63) is 58.1 Å². The van der Waals surface area contributed by atoms with Crippen molar-refractivity contribution < 1.29 is 5.11 Å². The fourth-order valence-corrected chi connectivity index (χ4v) is 1.59. The van der Waals surface area contributed by atoms with Crippen LogP contribution in [0.1, 0.15) is 17.5 Å². The number of benzene rings is 1. The van der Waals surface area contributed by atoms with Gasteiger partial charge in [-0.2, -0.15) is 0 Å². The van der Waals surface area contributed by atoms with Crippen molar-refractivity contribution in [2.24, 2.45) is 0 Å². The number of hydrogen-bond acceptors (Lipinski definition) is 3. The van der Waals surface area contributed by atoms with Gasteiger partial charge in [-0.1, -0.05) is 29.3 Å². The predicted molar refractivity (Wildman–Crippen MR) is 62.6 cm³/mol. The molecule has 1 aromatic heterocycles. The van der Waals surface area contributed by atoms with E-state index in [1.165, 1.54) is 0 Å². The fourth-order valence-electron chi connectivity index (χ4n) is 1.28. The molecule has 1 N–H and O–H groups in total. The maximum atomic E-state index is 9.98. The van der Waals surface area contributed by atoms with Crippen LogP contribution in [-0.2, 0) is 0 Å². The third kappa shape index (κ3) is 2.32. The minimum Gasteiger partial charge on any atom is -0.380 e. The molecule has 0 fully saturated rings. The molecule has 0 radical (unpaired) electrons. The highest BCUT2D eigenvalue weighted by Gasteiger charge is 2.13. The Morgan fingerprint density at radius 2 is 1.75 bits per heavy atom. The van der Waals surface area contributed by atoms with E-state index in [0.717, 1.165) is 0 Å². The van der Waals surface area contributed by atoms with E-state index in [-0.39, 0.29) is 0 Å². The lowest BCUT2D eigenvalue weighted by atomic mass is 10.1. The Kier molecular flexibility index (Phi) is 3.39. The van der Waals surface area contributed by atoms with Crippen molar-refractivity contribution in [2.45, 2.75) is 6.10 Å².